The number of carboxylic acids is 1. The molecule has 0 aliphatic carbocycles. The summed E-state index contributed by atoms with van der Waals surface area (Å²) in [6.07, 6.45) is 0. The summed E-state index contributed by atoms with van der Waals surface area (Å²) < 4.78 is 9.87. The van der Waals surface area contributed by atoms with Crippen LogP contribution in [0.4, 0.5) is 0 Å². The van der Waals surface area contributed by atoms with Gasteiger partial charge in [-0.2, -0.15) is 0 Å². The minimum Gasteiger partial charge on any atom is -0.478 e. The first-order valence-corrected chi connectivity index (χ1v) is 5.54. The molecule has 0 unspecified atom stereocenters. The zero-order valence-electron chi connectivity index (χ0n) is 9.52. The van der Waals surface area contributed by atoms with E-state index >= 15 is 0 Å². The predicted octanol–water partition coefficient (Wildman–Crippen LogP) is 2.00. The van der Waals surface area contributed by atoms with E-state index in [4.69, 9.17) is 14.6 Å². The molecule has 0 saturated heterocycles. The normalized spacial score (nSPS) is 9.72. The Labute approximate surface area is 111 Å². The highest BCUT2D eigenvalue weighted by molar-refractivity contribution is 9.10. The SMILES string of the molecule is CC(=O)Oc1cc(C(=O)O)c(OC(C)=O)cc1Br. The van der Waals surface area contributed by atoms with E-state index in [0.717, 1.165) is 13.0 Å². The molecule has 0 aliphatic heterocycles. The summed E-state index contributed by atoms with van der Waals surface area (Å²) in [5.41, 5.74) is -0.273. The van der Waals surface area contributed by atoms with Crippen LogP contribution in [-0.4, -0.2) is 23.0 Å². The zero-order valence-corrected chi connectivity index (χ0v) is 11.1. The van der Waals surface area contributed by atoms with Crippen LogP contribution in [0.5, 0.6) is 11.5 Å². The van der Waals surface area contributed by atoms with Gasteiger partial charge in [0.25, 0.3) is 0 Å². The molecule has 7 heteroatoms. The number of hydrogen-bond acceptors (Lipinski definition) is 5. The molecule has 0 saturated carbocycles. The van der Waals surface area contributed by atoms with Crippen molar-refractivity contribution in [3.63, 3.8) is 0 Å². The zero-order chi connectivity index (χ0) is 13.9. The first kappa shape index (κ1) is 14.2. The quantitative estimate of drug-likeness (QED) is 0.677. The average Bonchev–Trinajstić information content (AvgIpc) is 2.19. The van der Waals surface area contributed by atoms with Crippen molar-refractivity contribution in [2.24, 2.45) is 0 Å². The van der Waals surface area contributed by atoms with Crippen LogP contribution in [0.3, 0.4) is 0 Å². The number of halogens is 1. The van der Waals surface area contributed by atoms with Gasteiger partial charge in [-0.25, -0.2) is 4.79 Å². The summed E-state index contributed by atoms with van der Waals surface area (Å²) in [4.78, 5) is 32.7. The van der Waals surface area contributed by atoms with Crippen molar-refractivity contribution < 1.29 is 29.0 Å². The first-order chi connectivity index (χ1) is 8.31. The minimum atomic E-state index is -1.30. The summed E-state index contributed by atoms with van der Waals surface area (Å²) in [5, 5.41) is 8.98. The number of hydrogen-bond donors (Lipinski definition) is 1. The van der Waals surface area contributed by atoms with E-state index in [0.29, 0.717) is 4.47 Å². The molecule has 96 valence electrons. The standard InChI is InChI=1S/C11H9BrO6/c1-5(13)17-9-4-8(12)10(18-6(2)14)3-7(9)11(15)16/h3-4H,1-2H3,(H,15,16). The molecule has 0 fully saturated rings. The first-order valence-electron chi connectivity index (χ1n) is 4.75. The topological polar surface area (TPSA) is 89.9 Å². The second-order valence-electron chi connectivity index (χ2n) is 3.27. The fourth-order valence-electron chi connectivity index (χ4n) is 1.17. The number of aromatic carboxylic acids is 1. The second kappa shape index (κ2) is 5.63. The monoisotopic (exact) mass is 316 g/mol. The molecule has 0 aromatic heterocycles. The van der Waals surface area contributed by atoms with Gasteiger partial charge >= 0.3 is 17.9 Å². The van der Waals surface area contributed by atoms with Crippen molar-refractivity contribution in [2.45, 2.75) is 13.8 Å². The van der Waals surface area contributed by atoms with E-state index in [9.17, 15) is 14.4 Å². The summed E-state index contributed by atoms with van der Waals surface area (Å²) in [6, 6.07) is 2.36. The molecule has 0 heterocycles. The molecule has 0 aliphatic rings. The molecule has 1 N–H and O–H groups in total. The molecule has 1 aromatic carbocycles. The van der Waals surface area contributed by atoms with Gasteiger partial charge in [0.2, 0.25) is 0 Å². The maximum Gasteiger partial charge on any atom is 0.339 e. The van der Waals surface area contributed by atoms with Gasteiger partial charge in [-0.05, 0) is 22.0 Å². The van der Waals surface area contributed by atoms with E-state index in [1.54, 1.807) is 0 Å². The van der Waals surface area contributed by atoms with Gasteiger partial charge < -0.3 is 14.6 Å². The average molecular weight is 317 g/mol. The van der Waals surface area contributed by atoms with E-state index in [2.05, 4.69) is 15.9 Å². The molecular formula is C11H9BrO6. The number of ether oxygens (including phenoxy) is 2. The third kappa shape index (κ3) is 3.56. The molecule has 0 spiro atoms. The van der Waals surface area contributed by atoms with Gasteiger partial charge in [0.05, 0.1) is 4.47 Å². The minimum absolute atomic E-state index is 0.0378. The van der Waals surface area contributed by atoms with Crippen LogP contribution in [0, 0.1) is 0 Å². The molecular weight excluding hydrogens is 308 g/mol. The van der Waals surface area contributed by atoms with Gasteiger partial charge in [0, 0.05) is 19.9 Å². The van der Waals surface area contributed by atoms with E-state index in [1.807, 2.05) is 0 Å². The Bertz CT molecular complexity index is 523. The smallest absolute Gasteiger partial charge is 0.339 e. The molecule has 1 rings (SSSR count). The third-order valence-electron chi connectivity index (χ3n) is 1.77. The van der Waals surface area contributed by atoms with Crippen molar-refractivity contribution >= 4 is 33.8 Å². The highest BCUT2D eigenvalue weighted by Gasteiger charge is 2.18. The molecule has 0 atom stereocenters. The van der Waals surface area contributed by atoms with Crippen LogP contribution >= 0.6 is 15.9 Å². The highest BCUT2D eigenvalue weighted by Crippen LogP contribution is 2.33. The van der Waals surface area contributed by atoms with E-state index in [-0.39, 0.29) is 17.1 Å². The number of carbonyl (C=O) groups is 3. The number of benzene rings is 1. The van der Waals surface area contributed by atoms with Crippen molar-refractivity contribution in [3.8, 4) is 11.5 Å². The lowest BCUT2D eigenvalue weighted by Crippen LogP contribution is -2.09. The Morgan fingerprint density at radius 1 is 1.06 bits per heavy atom. The maximum absolute atomic E-state index is 11.0. The van der Waals surface area contributed by atoms with Crippen molar-refractivity contribution in [1.82, 2.24) is 0 Å². The largest absolute Gasteiger partial charge is 0.478 e. The van der Waals surface area contributed by atoms with Gasteiger partial charge in [-0.15, -0.1) is 0 Å². The summed E-state index contributed by atoms with van der Waals surface area (Å²) in [6.45, 7) is 2.34. The highest BCUT2D eigenvalue weighted by atomic mass is 79.9. The fraction of sp³-hybridized carbons (Fsp3) is 0.182. The van der Waals surface area contributed by atoms with E-state index in [1.165, 1.54) is 13.0 Å². The Morgan fingerprint density at radius 3 is 2.00 bits per heavy atom. The fourth-order valence-corrected chi connectivity index (χ4v) is 1.58. The van der Waals surface area contributed by atoms with Crippen molar-refractivity contribution in [1.29, 1.82) is 0 Å². The van der Waals surface area contributed by atoms with Crippen LogP contribution in [0.2, 0.25) is 0 Å². The van der Waals surface area contributed by atoms with Crippen molar-refractivity contribution in [3.05, 3.63) is 22.2 Å². The van der Waals surface area contributed by atoms with Crippen LogP contribution in [0.25, 0.3) is 0 Å². The Kier molecular flexibility index (Phi) is 4.43. The van der Waals surface area contributed by atoms with Gasteiger partial charge in [0.1, 0.15) is 17.1 Å². The van der Waals surface area contributed by atoms with Gasteiger partial charge in [0.15, 0.2) is 0 Å². The second-order valence-corrected chi connectivity index (χ2v) is 4.13. The number of carbonyl (C=O) groups excluding carboxylic acids is 2. The lowest BCUT2D eigenvalue weighted by atomic mass is 10.2. The Balaban J connectivity index is 3.29. The summed E-state index contributed by atoms with van der Waals surface area (Å²) in [5.74, 6) is -2.63. The molecule has 0 amide bonds. The van der Waals surface area contributed by atoms with Crippen LogP contribution in [0.1, 0.15) is 24.2 Å². The van der Waals surface area contributed by atoms with Crippen LogP contribution < -0.4 is 9.47 Å². The Hall–Kier alpha value is -1.89. The van der Waals surface area contributed by atoms with Gasteiger partial charge in [-0.3, -0.25) is 9.59 Å². The van der Waals surface area contributed by atoms with Gasteiger partial charge in [-0.1, -0.05) is 0 Å². The maximum atomic E-state index is 11.0. The number of rotatable bonds is 3. The summed E-state index contributed by atoms with van der Waals surface area (Å²) in [7, 11) is 0. The third-order valence-corrected chi connectivity index (χ3v) is 2.39. The summed E-state index contributed by atoms with van der Waals surface area (Å²) >= 11 is 3.09. The van der Waals surface area contributed by atoms with E-state index < -0.39 is 17.9 Å². The molecule has 0 radical (unpaired) electrons. The lowest BCUT2D eigenvalue weighted by Gasteiger charge is -2.10. The number of carboxylic acid groups (broad SMARTS) is 1. The molecule has 18 heavy (non-hydrogen) atoms. The van der Waals surface area contributed by atoms with Crippen LogP contribution in [-0.2, 0) is 9.59 Å². The lowest BCUT2D eigenvalue weighted by molar-refractivity contribution is -0.133. The Morgan fingerprint density at radius 2 is 1.56 bits per heavy atom. The molecule has 1 aromatic rings. The number of esters is 2. The molecule has 0 bridgehead atoms. The van der Waals surface area contributed by atoms with Crippen LogP contribution in [0.15, 0.2) is 16.6 Å². The van der Waals surface area contributed by atoms with Crippen molar-refractivity contribution in [2.75, 3.05) is 0 Å². The molecule has 6 nitrogen and oxygen atoms in total. The predicted molar refractivity (Wildman–Crippen MR) is 63.7 cm³/mol.